The van der Waals surface area contributed by atoms with E-state index >= 15 is 0 Å². The molecule has 2 heterocycles. The Labute approximate surface area is 95.5 Å². The van der Waals surface area contributed by atoms with E-state index in [-0.39, 0.29) is 11.9 Å². The first-order valence-electron chi connectivity index (χ1n) is 5.73. The zero-order chi connectivity index (χ0) is 11.4. The highest BCUT2D eigenvalue weighted by Crippen LogP contribution is 2.11. The summed E-state index contributed by atoms with van der Waals surface area (Å²) in [5.74, 6) is 0.0229. The molecule has 0 aromatic carbocycles. The Hall–Kier alpha value is -1.42. The summed E-state index contributed by atoms with van der Waals surface area (Å²) < 4.78 is 0. The quantitative estimate of drug-likeness (QED) is 0.767. The first-order valence-corrected chi connectivity index (χ1v) is 5.73. The lowest BCUT2D eigenvalue weighted by molar-refractivity contribution is 0.0755. The lowest BCUT2D eigenvalue weighted by Gasteiger charge is -2.19. The van der Waals surface area contributed by atoms with Crippen molar-refractivity contribution in [2.75, 3.05) is 13.1 Å². The van der Waals surface area contributed by atoms with Crippen molar-refractivity contribution in [1.29, 1.82) is 0 Å². The standard InChI is InChI=1S/C12H17N3O/c13-10-4-3-8-15(9-6-10)12(16)11-5-1-2-7-14-11/h1-2,5,7,10H,3-4,6,8-9,13H2. The third-order valence-corrected chi connectivity index (χ3v) is 2.94. The Morgan fingerprint density at radius 1 is 1.38 bits per heavy atom. The molecule has 0 radical (unpaired) electrons. The van der Waals surface area contributed by atoms with Gasteiger partial charge in [0, 0.05) is 25.3 Å². The second kappa shape index (κ2) is 5.07. The van der Waals surface area contributed by atoms with Crippen molar-refractivity contribution in [3.63, 3.8) is 0 Å². The lowest BCUT2D eigenvalue weighted by Crippen LogP contribution is -2.33. The number of likely N-dealkylation sites (tertiary alicyclic amines) is 1. The molecule has 0 spiro atoms. The number of carbonyl (C=O) groups is 1. The van der Waals surface area contributed by atoms with Crippen molar-refractivity contribution < 1.29 is 4.79 Å². The molecule has 1 atom stereocenters. The molecular formula is C12H17N3O. The largest absolute Gasteiger partial charge is 0.337 e. The Kier molecular flexibility index (Phi) is 3.51. The normalized spacial score (nSPS) is 21.6. The van der Waals surface area contributed by atoms with Crippen LogP contribution in [-0.4, -0.2) is 34.9 Å². The van der Waals surface area contributed by atoms with Crippen LogP contribution in [0.15, 0.2) is 24.4 Å². The Morgan fingerprint density at radius 2 is 2.25 bits per heavy atom. The predicted molar refractivity (Wildman–Crippen MR) is 62.0 cm³/mol. The molecule has 2 N–H and O–H groups in total. The molecule has 1 fully saturated rings. The average molecular weight is 219 g/mol. The van der Waals surface area contributed by atoms with Crippen molar-refractivity contribution in [3.8, 4) is 0 Å². The molecule has 0 saturated carbocycles. The Balaban J connectivity index is 2.04. The number of hydrogen-bond acceptors (Lipinski definition) is 3. The van der Waals surface area contributed by atoms with E-state index in [0.29, 0.717) is 5.69 Å². The summed E-state index contributed by atoms with van der Waals surface area (Å²) in [5.41, 5.74) is 6.41. The molecule has 16 heavy (non-hydrogen) atoms. The van der Waals surface area contributed by atoms with Gasteiger partial charge in [0.1, 0.15) is 5.69 Å². The zero-order valence-electron chi connectivity index (χ0n) is 9.30. The van der Waals surface area contributed by atoms with Crippen molar-refractivity contribution in [1.82, 2.24) is 9.88 Å². The fraction of sp³-hybridized carbons (Fsp3) is 0.500. The van der Waals surface area contributed by atoms with E-state index in [4.69, 9.17) is 5.73 Å². The van der Waals surface area contributed by atoms with Crippen LogP contribution < -0.4 is 5.73 Å². The third-order valence-electron chi connectivity index (χ3n) is 2.94. The maximum Gasteiger partial charge on any atom is 0.272 e. The number of pyridine rings is 1. The second-order valence-corrected chi connectivity index (χ2v) is 4.20. The van der Waals surface area contributed by atoms with Crippen LogP contribution in [0.1, 0.15) is 29.8 Å². The number of aromatic nitrogens is 1. The Bertz CT molecular complexity index is 353. The highest BCUT2D eigenvalue weighted by atomic mass is 16.2. The first kappa shape index (κ1) is 11.1. The molecule has 86 valence electrons. The SMILES string of the molecule is NC1CCCN(C(=O)c2ccccn2)CC1. The molecule has 1 aromatic heterocycles. The number of rotatable bonds is 1. The summed E-state index contributed by atoms with van der Waals surface area (Å²) in [7, 11) is 0. The molecule has 2 rings (SSSR count). The van der Waals surface area contributed by atoms with Gasteiger partial charge in [-0.05, 0) is 31.4 Å². The van der Waals surface area contributed by atoms with Crippen LogP contribution in [0.5, 0.6) is 0 Å². The van der Waals surface area contributed by atoms with Gasteiger partial charge in [0.25, 0.3) is 5.91 Å². The maximum absolute atomic E-state index is 12.1. The highest BCUT2D eigenvalue weighted by molar-refractivity contribution is 5.92. The summed E-state index contributed by atoms with van der Waals surface area (Å²) in [6, 6.07) is 5.65. The molecule has 1 aliphatic heterocycles. The predicted octanol–water partition coefficient (Wildman–Crippen LogP) is 1.03. The van der Waals surface area contributed by atoms with Crippen molar-refractivity contribution in [2.24, 2.45) is 5.73 Å². The summed E-state index contributed by atoms with van der Waals surface area (Å²) >= 11 is 0. The van der Waals surface area contributed by atoms with E-state index < -0.39 is 0 Å². The van der Waals surface area contributed by atoms with Gasteiger partial charge in [0.2, 0.25) is 0 Å². The van der Waals surface area contributed by atoms with Crippen LogP contribution >= 0.6 is 0 Å². The minimum absolute atomic E-state index is 0.0229. The van der Waals surface area contributed by atoms with E-state index in [1.807, 2.05) is 17.0 Å². The molecular weight excluding hydrogens is 202 g/mol. The molecule has 1 unspecified atom stereocenters. The topological polar surface area (TPSA) is 59.2 Å². The van der Waals surface area contributed by atoms with Gasteiger partial charge in [0.15, 0.2) is 0 Å². The van der Waals surface area contributed by atoms with Gasteiger partial charge >= 0.3 is 0 Å². The fourth-order valence-electron chi connectivity index (χ4n) is 1.98. The summed E-state index contributed by atoms with van der Waals surface area (Å²) in [4.78, 5) is 18.0. The maximum atomic E-state index is 12.1. The monoisotopic (exact) mass is 219 g/mol. The van der Waals surface area contributed by atoms with Crippen LogP contribution in [0.4, 0.5) is 0 Å². The minimum atomic E-state index is 0.0229. The van der Waals surface area contributed by atoms with E-state index in [9.17, 15) is 4.79 Å². The van der Waals surface area contributed by atoms with E-state index in [1.54, 1.807) is 12.3 Å². The van der Waals surface area contributed by atoms with Crippen LogP contribution in [0.25, 0.3) is 0 Å². The smallest absolute Gasteiger partial charge is 0.272 e. The van der Waals surface area contributed by atoms with Crippen molar-refractivity contribution in [3.05, 3.63) is 30.1 Å². The van der Waals surface area contributed by atoms with E-state index in [1.165, 1.54) is 0 Å². The van der Waals surface area contributed by atoms with E-state index in [2.05, 4.69) is 4.98 Å². The van der Waals surface area contributed by atoms with Gasteiger partial charge in [-0.15, -0.1) is 0 Å². The zero-order valence-corrected chi connectivity index (χ0v) is 9.30. The summed E-state index contributed by atoms with van der Waals surface area (Å²) in [6.45, 7) is 1.54. The van der Waals surface area contributed by atoms with Gasteiger partial charge in [-0.3, -0.25) is 9.78 Å². The van der Waals surface area contributed by atoms with Crippen molar-refractivity contribution >= 4 is 5.91 Å². The van der Waals surface area contributed by atoms with Crippen molar-refractivity contribution in [2.45, 2.75) is 25.3 Å². The molecule has 0 bridgehead atoms. The first-order chi connectivity index (χ1) is 7.77. The molecule has 1 aromatic rings. The Morgan fingerprint density at radius 3 is 3.00 bits per heavy atom. The van der Waals surface area contributed by atoms with Gasteiger partial charge in [0.05, 0.1) is 0 Å². The fourth-order valence-corrected chi connectivity index (χ4v) is 1.98. The second-order valence-electron chi connectivity index (χ2n) is 4.20. The van der Waals surface area contributed by atoms with E-state index in [0.717, 1.165) is 32.4 Å². The van der Waals surface area contributed by atoms with Crippen LogP contribution in [0.3, 0.4) is 0 Å². The summed E-state index contributed by atoms with van der Waals surface area (Å²) in [6.07, 6.45) is 4.53. The molecule has 4 nitrogen and oxygen atoms in total. The average Bonchev–Trinajstić information content (AvgIpc) is 2.54. The molecule has 1 aliphatic rings. The van der Waals surface area contributed by atoms with Gasteiger partial charge in [-0.2, -0.15) is 0 Å². The van der Waals surface area contributed by atoms with Crippen LogP contribution in [0.2, 0.25) is 0 Å². The van der Waals surface area contributed by atoms with Crippen LogP contribution in [0, 0.1) is 0 Å². The molecule has 0 aliphatic carbocycles. The number of nitrogens with two attached hydrogens (primary N) is 1. The number of nitrogens with zero attached hydrogens (tertiary/aromatic N) is 2. The molecule has 1 saturated heterocycles. The van der Waals surface area contributed by atoms with Crippen LogP contribution in [-0.2, 0) is 0 Å². The van der Waals surface area contributed by atoms with Gasteiger partial charge < -0.3 is 10.6 Å². The van der Waals surface area contributed by atoms with Gasteiger partial charge in [-0.1, -0.05) is 6.07 Å². The third kappa shape index (κ3) is 2.58. The molecule has 4 heteroatoms. The number of amides is 1. The number of hydrogen-bond donors (Lipinski definition) is 1. The number of carbonyl (C=O) groups excluding carboxylic acids is 1. The minimum Gasteiger partial charge on any atom is -0.337 e. The molecule has 1 amide bonds. The highest BCUT2D eigenvalue weighted by Gasteiger charge is 2.20. The summed E-state index contributed by atoms with van der Waals surface area (Å²) in [5, 5.41) is 0. The van der Waals surface area contributed by atoms with Gasteiger partial charge in [-0.25, -0.2) is 0 Å². The lowest BCUT2D eigenvalue weighted by atomic mass is 10.1.